The quantitative estimate of drug-likeness (QED) is 0.332. The summed E-state index contributed by atoms with van der Waals surface area (Å²) in [5.41, 5.74) is 1.39. The van der Waals surface area contributed by atoms with Crippen LogP contribution in [0.5, 0.6) is 5.75 Å². The normalized spacial score (nSPS) is 12.3. The van der Waals surface area contributed by atoms with Gasteiger partial charge < -0.3 is 20.1 Å². The van der Waals surface area contributed by atoms with Gasteiger partial charge in [-0.15, -0.1) is 11.3 Å². The van der Waals surface area contributed by atoms with Crippen molar-refractivity contribution in [2.45, 2.75) is 19.2 Å². The molecule has 0 bridgehead atoms. The Morgan fingerprint density at radius 3 is 2.54 bits per heavy atom. The number of fused-ring (bicyclic) bond motifs is 1. The number of nitrogens with one attached hydrogen (secondary N) is 1. The van der Waals surface area contributed by atoms with E-state index in [2.05, 4.69) is 5.32 Å². The van der Waals surface area contributed by atoms with Crippen molar-refractivity contribution in [3.63, 3.8) is 0 Å². The fraction of sp³-hybridized carbons (Fsp3) is 0.231. The van der Waals surface area contributed by atoms with Crippen LogP contribution in [0.3, 0.4) is 0 Å². The number of hydrogen-bond donors (Lipinski definition) is 3. The van der Waals surface area contributed by atoms with E-state index >= 15 is 0 Å². The van der Waals surface area contributed by atoms with Crippen molar-refractivity contribution in [1.82, 2.24) is 14.8 Å². The third kappa shape index (κ3) is 5.91. The zero-order valence-electron chi connectivity index (χ0n) is 19.4. The smallest absolute Gasteiger partial charge is 0.257 e. The molecule has 0 unspecified atom stereocenters. The molecule has 4 aromatic rings. The van der Waals surface area contributed by atoms with Gasteiger partial charge in [0, 0.05) is 42.8 Å². The molecular formula is C26H26ClN3O4S. The number of halogens is 1. The highest BCUT2D eigenvalue weighted by molar-refractivity contribution is 7.18. The molecule has 1 amide bonds. The zero-order valence-corrected chi connectivity index (χ0v) is 20.9. The van der Waals surface area contributed by atoms with E-state index in [1.54, 1.807) is 47.2 Å². The summed E-state index contributed by atoms with van der Waals surface area (Å²) < 4.78 is 1.80. The number of aliphatic hydroxyl groups is 1. The number of likely N-dealkylation sites (N-methyl/N-ethyl adjacent to an activating group) is 1. The van der Waals surface area contributed by atoms with Crippen molar-refractivity contribution in [3.8, 4) is 5.75 Å². The fourth-order valence-corrected chi connectivity index (χ4v) is 5.15. The van der Waals surface area contributed by atoms with Gasteiger partial charge in [-0.25, -0.2) is 0 Å². The first-order valence-electron chi connectivity index (χ1n) is 11.0. The molecule has 0 saturated heterocycles. The summed E-state index contributed by atoms with van der Waals surface area (Å²) in [6, 6.07) is 15.4. The maximum atomic E-state index is 13.1. The minimum absolute atomic E-state index is 0.0921. The maximum absolute atomic E-state index is 13.1. The third-order valence-corrected chi connectivity index (χ3v) is 7.16. The van der Waals surface area contributed by atoms with Crippen LogP contribution in [-0.4, -0.2) is 39.2 Å². The molecule has 9 heteroatoms. The summed E-state index contributed by atoms with van der Waals surface area (Å²) >= 11 is 7.39. The van der Waals surface area contributed by atoms with Crippen LogP contribution in [0, 0.1) is 0 Å². The van der Waals surface area contributed by atoms with Crippen LogP contribution >= 0.6 is 22.9 Å². The van der Waals surface area contributed by atoms with Crippen molar-refractivity contribution in [2.24, 2.45) is 7.05 Å². The lowest BCUT2D eigenvalue weighted by molar-refractivity contribution is 0.0949. The number of amides is 1. The monoisotopic (exact) mass is 511 g/mol. The van der Waals surface area contributed by atoms with Crippen LogP contribution in [0.25, 0.3) is 10.2 Å². The van der Waals surface area contributed by atoms with Gasteiger partial charge in [0.05, 0.1) is 11.5 Å². The number of carbonyl (C=O) groups is 1. The third-order valence-electron chi connectivity index (χ3n) is 5.70. The molecule has 1 atom stereocenters. The Morgan fingerprint density at radius 1 is 1.17 bits per heavy atom. The van der Waals surface area contributed by atoms with Gasteiger partial charge in [0.25, 0.3) is 5.91 Å². The summed E-state index contributed by atoms with van der Waals surface area (Å²) in [5.74, 6) is -0.275. The number of aryl methyl sites for hydroxylation is 1. The van der Waals surface area contributed by atoms with Crippen molar-refractivity contribution >= 4 is 39.1 Å². The van der Waals surface area contributed by atoms with E-state index in [4.69, 9.17) is 11.6 Å². The minimum Gasteiger partial charge on any atom is -0.508 e. The van der Waals surface area contributed by atoms with Gasteiger partial charge in [-0.05, 0) is 48.5 Å². The Kier molecular flexibility index (Phi) is 7.57. The van der Waals surface area contributed by atoms with Crippen LogP contribution in [0.15, 0.2) is 65.6 Å². The highest BCUT2D eigenvalue weighted by Gasteiger charge is 2.18. The fourth-order valence-electron chi connectivity index (χ4n) is 3.86. The first kappa shape index (κ1) is 24.9. The summed E-state index contributed by atoms with van der Waals surface area (Å²) in [6.45, 7) is 1.21. The highest BCUT2D eigenvalue weighted by atomic mass is 35.5. The molecule has 0 aliphatic carbocycles. The first-order chi connectivity index (χ1) is 16.7. The molecule has 4 rings (SSSR count). The molecule has 7 nitrogen and oxygen atoms in total. The van der Waals surface area contributed by atoms with Gasteiger partial charge in [-0.3, -0.25) is 14.5 Å². The largest absolute Gasteiger partial charge is 0.508 e. The van der Waals surface area contributed by atoms with E-state index in [1.165, 1.54) is 11.3 Å². The molecule has 0 saturated carbocycles. The second-order valence-electron chi connectivity index (χ2n) is 8.53. The molecule has 35 heavy (non-hydrogen) atoms. The lowest BCUT2D eigenvalue weighted by atomic mass is 10.1. The number of carbonyl (C=O) groups excluding carboxylic acids is 1. The lowest BCUT2D eigenvalue weighted by Crippen LogP contribution is -2.29. The van der Waals surface area contributed by atoms with E-state index < -0.39 is 12.0 Å². The Bertz CT molecular complexity index is 1400. The SMILES string of the molecule is CN(Cc1cc2c(=O)c(C(=O)NCc3ccc(Cl)cc3)cn(C)c2s1)C[C@@H](O)c1ccc(O)cc1. The van der Waals surface area contributed by atoms with Gasteiger partial charge in [-0.2, -0.15) is 0 Å². The average molecular weight is 512 g/mol. The van der Waals surface area contributed by atoms with Gasteiger partial charge in [0.2, 0.25) is 5.43 Å². The van der Waals surface area contributed by atoms with Crippen molar-refractivity contribution < 1.29 is 15.0 Å². The maximum Gasteiger partial charge on any atom is 0.257 e. The number of aliphatic hydroxyl groups excluding tert-OH is 1. The van der Waals surface area contributed by atoms with Crippen LogP contribution < -0.4 is 10.7 Å². The van der Waals surface area contributed by atoms with Crippen LogP contribution in [0.4, 0.5) is 0 Å². The standard InChI is InChI=1S/C26H26ClN3O4S/c1-29(15-23(32)17-5-9-19(31)10-6-17)13-20-11-21-24(33)22(14-30(2)26(21)35-20)25(34)28-12-16-3-7-18(27)8-4-16/h3-11,14,23,31-32H,12-13,15H2,1-2H3,(H,28,34)/t23-/m1/s1. The van der Waals surface area contributed by atoms with E-state index in [0.717, 1.165) is 15.3 Å². The number of aromatic nitrogens is 1. The number of pyridine rings is 1. The second-order valence-corrected chi connectivity index (χ2v) is 10.1. The predicted molar refractivity (Wildman–Crippen MR) is 139 cm³/mol. The van der Waals surface area contributed by atoms with E-state index in [0.29, 0.717) is 35.6 Å². The second kappa shape index (κ2) is 10.6. The van der Waals surface area contributed by atoms with Crippen LogP contribution in [-0.2, 0) is 20.1 Å². The van der Waals surface area contributed by atoms with Gasteiger partial charge >= 0.3 is 0 Å². The number of thiophene rings is 1. The Morgan fingerprint density at radius 2 is 1.86 bits per heavy atom. The Labute approximate surface area is 211 Å². The van der Waals surface area contributed by atoms with Crippen molar-refractivity contribution in [1.29, 1.82) is 0 Å². The Hall–Kier alpha value is -3.17. The number of rotatable bonds is 8. The minimum atomic E-state index is -0.711. The van der Waals surface area contributed by atoms with E-state index in [-0.39, 0.29) is 16.7 Å². The molecular weight excluding hydrogens is 486 g/mol. The summed E-state index contributed by atoms with van der Waals surface area (Å²) in [4.78, 5) is 29.6. The average Bonchev–Trinajstić information content (AvgIpc) is 3.25. The lowest BCUT2D eigenvalue weighted by Gasteiger charge is -2.20. The van der Waals surface area contributed by atoms with Crippen LogP contribution in [0.1, 0.15) is 32.5 Å². The van der Waals surface area contributed by atoms with Gasteiger partial charge in [0.1, 0.15) is 16.1 Å². The molecule has 182 valence electrons. The Balaban J connectivity index is 1.47. The highest BCUT2D eigenvalue weighted by Crippen LogP contribution is 2.25. The number of aromatic hydroxyl groups is 1. The van der Waals surface area contributed by atoms with Gasteiger partial charge in [0.15, 0.2) is 0 Å². The van der Waals surface area contributed by atoms with E-state index in [9.17, 15) is 19.8 Å². The number of phenols is 1. The molecule has 0 aliphatic heterocycles. The molecule has 0 spiro atoms. The summed E-state index contributed by atoms with van der Waals surface area (Å²) in [7, 11) is 3.71. The topological polar surface area (TPSA) is 94.8 Å². The molecule has 0 radical (unpaired) electrons. The molecule has 2 aromatic heterocycles. The van der Waals surface area contributed by atoms with E-state index in [1.807, 2.05) is 37.2 Å². The first-order valence-corrected chi connectivity index (χ1v) is 12.2. The van der Waals surface area contributed by atoms with Crippen molar-refractivity contribution in [3.05, 3.63) is 97.6 Å². The molecule has 3 N–H and O–H groups in total. The summed E-state index contributed by atoms with van der Waals surface area (Å²) in [6.07, 6.45) is 0.859. The number of benzene rings is 2. The van der Waals surface area contributed by atoms with Crippen LogP contribution in [0.2, 0.25) is 5.02 Å². The molecule has 0 aliphatic rings. The number of phenolic OH excluding ortho intramolecular Hbond substituents is 1. The van der Waals surface area contributed by atoms with Gasteiger partial charge in [-0.1, -0.05) is 35.9 Å². The molecule has 2 aromatic carbocycles. The zero-order chi connectivity index (χ0) is 25.1. The predicted octanol–water partition coefficient (Wildman–Crippen LogP) is 4.05. The number of hydrogen-bond acceptors (Lipinski definition) is 6. The molecule has 0 fully saturated rings. The summed E-state index contributed by atoms with van der Waals surface area (Å²) in [5, 5.41) is 23.9. The molecule has 2 heterocycles. The number of nitrogens with zero attached hydrogens (tertiary/aromatic N) is 2. The van der Waals surface area contributed by atoms with Crippen molar-refractivity contribution in [2.75, 3.05) is 13.6 Å².